The van der Waals surface area contributed by atoms with E-state index in [1.807, 2.05) is 24.3 Å². The van der Waals surface area contributed by atoms with Crippen molar-refractivity contribution in [2.24, 2.45) is 17.8 Å². The second-order valence-electron chi connectivity index (χ2n) is 13.2. The molecular weight excluding hydrogens is 553 g/mol. The van der Waals surface area contributed by atoms with E-state index in [9.17, 15) is 4.39 Å². The summed E-state index contributed by atoms with van der Waals surface area (Å²) in [5, 5.41) is 0. The van der Waals surface area contributed by atoms with Gasteiger partial charge in [-0.3, -0.25) is 0 Å². The van der Waals surface area contributed by atoms with Crippen molar-refractivity contribution in [2.75, 3.05) is 6.61 Å². The van der Waals surface area contributed by atoms with Crippen LogP contribution in [-0.2, 0) is 0 Å². The number of benzene rings is 3. The first kappa shape index (κ1) is 32.4. The van der Waals surface area contributed by atoms with Crippen LogP contribution in [0.2, 0.25) is 0 Å². The molecule has 5 rings (SSSR count). The summed E-state index contributed by atoms with van der Waals surface area (Å²) >= 11 is 0. The van der Waals surface area contributed by atoms with Gasteiger partial charge in [-0.1, -0.05) is 81.5 Å². The smallest absolute Gasteiger partial charge is 0.201 e. The number of unbranched alkanes of at least 4 members (excludes halogenated alkanes) is 5. The zero-order chi connectivity index (χ0) is 30.9. The van der Waals surface area contributed by atoms with E-state index in [4.69, 9.17) is 4.74 Å². The van der Waals surface area contributed by atoms with E-state index in [0.717, 1.165) is 60.6 Å². The van der Waals surface area contributed by atoms with Gasteiger partial charge >= 0.3 is 0 Å². The molecule has 0 aromatic heterocycles. The molecule has 0 spiro atoms. The van der Waals surface area contributed by atoms with Crippen molar-refractivity contribution in [3.8, 4) is 28.0 Å². The van der Waals surface area contributed by atoms with Crippen LogP contribution >= 0.6 is 0 Å². The zero-order valence-electron chi connectivity index (χ0n) is 26.4. The van der Waals surface area contributed by atoms with E-state index in [2.05, 4.69) is 19.6 Å². The summed E-state index contributed by atoms with van der Waals surface area (Å²) < 4.78 is 50.8. The van der Waals surface area contributed by atoms with Crippen molar-refractivity contribution in [3.05, 3.63) is 90.3 Å². The molecule has 2 aliphatic rings. The van der Waals surface area contributed by atoms with E-state index in [0.29, 0.717) is 18.1 Å². The molecule has 0 saturated heterocycles. The zero-order valence-corrected chi connectivity index (χ0v) is 26.4. The fourth-order valence-electron chi connectivity index (χ4n) is 7.56. The van der Waals surface area contributed by atoms with Crippen molar-refractivity contribution in [2.45, 2.75) is 103 Å². The van der Waals surface area contributed by atoms with Gasteiger partial charge in [0.25, 0.3) is 0 Å². The van der Waals surface area contributed by atoms with Crippen LogP contribution in [0.4, 0.5) is 13.2 Å². The Bertz CT molecular complexity index is 1350. The molecule has 2 saturated carbocycles. The molecule has 44 heavy (non-hydrogen) atoms. The second kappa shape index (κ2) is 15.8. The number of ether oxygens (including phenoxy) is 1. The lowest BCUT2D eigenvalue weighted by molar-refractivity contribution is 0.171. The standard InChI is InChI=1S/C40H49F3O/c1-3-5-6-7-8-9-26-44-38-25-24-36(39(42)40(38)43)33-20-16-31(17-21-33)34-22-23-35(37(41)27-34)32-18-14-30(15-19-32)29-12-10-28(4-2)11-13-29/h4,16-17,20-25,27-30,32H,2-3,5-15,18-19,26H2,1H3. The molecule has 0 bridgehead atoms. The summed E-state index contributed by atoms with van der Waals surface area (Å²) in [7, 11) is 0. The maximum Gasteiger partial charge on any atom is 0.201 e. The van der Waals surface area contributed by atoms with E-state index in [1.165, 1.54) is 63.9 Å². The van der Waals surface area contributed by atoms with Crippen LogP contribution in [0, 0.1) is 35.2 Å². The molecule has 3 aromatic carbocycles. The van der Waals surface area contributed by atoms with Crippen molar-refractivity contribution in [1.82, 2.24) is 0 Å². The van der Waals surface area contributed by atoms with Gasteiger partial charge in [0.15, 0.2) is 11.6 Å². The summed E-state index contributed by atoms with van der Waals surface area (Å²) in [6.07, 6.45) is 18.4. The predicted octanol–water partition coefficient (Wildman–Crippen LogP) is 12.4. The number of allylic oxidation sites excluding steroid dienone is 1. The monoisotopic (exact) mass is 602 g/mol. The maximum absolute atomic E-state index is 15.4. The molecule has 3 aromatic rings. The van der Waals surface area contributed by atoms with E-state index < -0.39 is 11.6 Å². The van der Waals surface area contributed by atoms with Gasteiger partial charge in [0, 0.05) is 5.56 Å². The first-order valence-corrected chi connectivity index (χ1v) is 17.1. The van der Waals surface area contributed by atoms with Crippen molar-refractivity contribution in [3.63, 3.8) is 0 Å². The van der Waals surface area contributed by atoms with Crippen LogP contribution in [0.1, 0.15) is 108 Å². The Hall–Kier alpha value is -3.01. The summed E-state index contributed by atoms with van der Waals surface area (Å²) in [6.45, 7) is 6.53. The lowest BCUT2D eigenvalue weighted by atomic mass is 9.68. The molecule has 236 valence electrons. The minimum atomic E-state index is -0.954. The molecule has 0 aliphatic heterocycles. The third-order valence-electron chi connectivity index (χ3n) is 10.4. The molecule has 0 N–H and O–H groups in total. The van der Waals surface area contributed by atoms with Gasteiger partial charge in [-0.15, -0.1) is 6.58 Å². The Morgan fingerprint density at radius 3 is 1.95 bits per heavy atom. The first-order valence-electron chi connectivity index (χ1n) is 17.1. The van der Waals surface area contributed by atoms with E-state index in [1.54, 1.807) is 24.3 Å². The minimum absolute atomic E-state index is 0.0453. The van der Waals surface area contributed by atoms with Gasteiger partial charge in [-0.2, -0.15) is 4.39 Å². The highest BCUT2D eigenvalue weighted by atomic mass is 19.2. The largest absolute Gasteiger partial charge is 0.490 e. The van der Waals surface area contributed by atoms with Crippen LogP contribution < -0.4 is 4.74 Å². The molecular formula is C40H49F3O. The molecule has 0 atom stereocenters. The summed E-state index contributed by atoms with van der Waals surface area (Å²) in [4.78, 5) is 0. The predicted molar refractivity (Wildman–Crippen MR) is 176 cm³/mol. The van der Waals surface area contributed by atoms with Gasteiger partial charge in [0.05, 0.1) is 6.61 Å². The van der Waals surface area contributed by atoms with Crippen LogP contribution in [0.15, 0.2) is 67.3 Å². The normalized spacial score (nSPS) is 22.1. The van der Waals surface area contributed by atoms with Crippen molar-refractivity contribution in [1.29, 1.82) is 0 Å². The third kappa shape index (κ3) is 7.98. The van der Waals surface area contributed by atoms with Gasteiger partial charge in [0.2, 0.25) is 5.82 Å². The highest BCUT2D eigenvalue weighted by Crippen LogP contribution is 2.45. The highest BCUT2D eigenvalue weighted by Gasteiger charge is 2.31. The lowest BCUT2D eigenvalue weighted by Crippen LogP contribution is -2.25. The fourth-order valence-corrected chi connectivity index (χ4v) is 7.56. The van der Waals surface area contributed by atoms with Gasteiger partial charge in [-0.05, 0) is 122 Å². The van der Waals surface area contributed by atoms with Crippen LogP contribution in [0.5, 0.6) is 5.75 Å². The Labute approximate surface area is 262 Å². The van der Waals surface area contributed by atoms with E-state index >= 15 is 8.78 Å². The Kier molecular flexibility index (Phi) is 11.6. The lowest BCUT2D eigenvalue weighted by Gasteiger charge is -2.37. The molecule has 2 aliphatic carbocycles. The number of halogens is 3. The molecule has 4 heteroatoms. The fraction of sp³-hybridized carbons (Fsp3) is 0.500. The average Bonchev–Trinajstić information content (AvgIpc) is 3.06. The molecule has 0 radical (unpaired) electrons. The topological polar surface area (TPSA) is 9.23 Å². The second-order valence-corrected chi connectivity index (χ2v) is 13.2. The van der Waals surface area contributed by atoms with Crippen LogP contribution in [-0.4, -0.2) is 6.61 Å². The minimum Gasteiger partial charge on any atom is -0.490 e. The third-order valence-corrected chi connectivity index (χ3v) is 10.4. The molecule has 2 fully saturated rings. The van der Waals surface area contributed by atoms with Gasteiger partial charge < -0.3 is 4.74 Å². The molecule has 0 unspecified atom stereocenters. The summed E-state index contributed by atoms with van der Waals surface area (Å²) in [5.74, 6) is 0.530. The first-order chi connectivity index (χ1) is 21.5. The van der Waals surface area contributed by atoms with Gasteiger partial charge in [-0.25, -0.2) is 8.78 Å². The molecule has 1 nitrogen and oxygen atoms in total. The maximum atomic E-state index is 15.4. The Morgan fingerprint density at radius 2 is 1.30 bits per heavy atom. The quantitative estimate of drug-likeness (QED) is 0.140. The average molecular weight is 603 g/mol. The Balaban J connectivity index is 1.16. The van der Waals surface area contributed by atoms with Crippen LogP contribution in [0.3, 0.4) is 0 Å². The highest BCUT2D eigenvalue weighted by molar-refractivity contribution is 5.71. The van der Waals surface area contributed by atoms with Crippen molar-refractivity contribution >= 4 is 0 Å². The summed E-state index contributed by atoms with van der Waals surface area (Å²) in [5.41, 5.74) is 3.22. The number of hydrogen-bond donors (Lipinski definition) is 0. The van der Waals surface area contributed by atoms with Crippen molar-refractivity contribution < 1.29 is 17.9 Å². The van der Waals surface area contributed by atoms with E-state index in [-0.39, 0.29) is 23.0 Å². The molecule has 0 heterocycles. The SMILES string of the molecule is C=CC1CCC(C2CCC(c3ccc(-c4ccc(-c5ccc(OCCCCCCCC)c(F)c5F)cc4)cc3F)CC2)CC1. The van der Waals surface area contributed by atoms with Crippen LogP contribution in [0.25, 0.3) is 22.3 Å². The molecule has 0 amide bonds. The van der Waals surface area contributed by atoms with Gasteiger partial charge in [0.1, 0.15) is 5.82 Å². The Morgan fingerprint density at radius 1 is 0.682 bits per heavy atom. The number of rotatable bonds is 13. The summed E-state index contributed by atoms with van der Waals surface area (Å²) in [6, 6.07) is 15.9. The number of hydrogen-bond acceptors (Lipinski definition) is 1.